The van der Waals surface area contributed by atoms with E-state index in [9.17, 15) is 0 Å². The highest BCUT2D eigenvalue weighted by atomic mass is 32.1. The van der Waals surface area contributed by atoms with E-state index in [1.165, 1.54) is 11.1 Å². The van der Waals surface area contributed by atoms with Crippen molar-refractivity contribution >= 4 is 28.7 Å². The summed E-state index contributed by atoms with van der Waals surface area (Å²) in [7, 11) is 0. The van der Waals surface area contributed by atoms with Gasteiger partial charge in [-0.3, -0.25) is 0 Å². The minimum Gasteiger partial charge on any atom is -0.332 e. The third-order valence-electron chi connectivity index (χ3n) is 3.62. The maximum atomic E-state index is 5.41. The van der Waals surface area contributed by atoms with E-state index in [0.29, 0.717) is 16.9 Å². The molecule has 0 bridgehead atoms. The van der Waals surface area contributed by atoms with E-state index in [1.54, 1.807) is 0 Å². The van der Waals surface area contributed by atoms with Crippen LogP contribution in [0.1, 0.15) is 50.7 Å². The Balaban J connectivity index is 2.04. The summed E-state index contributed by atoms with van der Waals surface area (Å²) in [5.74, 6) is 1.01. The van der Waals surface area contributed by atoms with Crippen LogP contribution < -0.4 is 10.6 Å². The fraction of sp³-hybridized carbons (Fsp3) is 0.316. The number of nitrogens with one attached hydrogen (secondary N) is 2. The Kier molecular flexibility index (Phi) is 5.56. The minimum atomic E-state index is 0.506. The Morgan fingerprint density at radius 3 is 1.55 bits per heavy atom. The average molecular weight is 312 g/mol. The number of rotatable bonds is 4. The lowest BCUT2D eigenvalue weighted by Gasteiger charge is -2.14. The maximum Gasteiger partial charge on any atom is 0.175 e. The summed E-state index contributed by atoms with van der Waals surface area (Å²) < 4.78 is 0. The number of anilines is 2. The molecule has 0 fully saturated rings. The molecule has 2 aromatic carbocycles. The molecule has 2 aromatic rings. The van der Waals surface area contributed by atoms with Gasteiger partial charge in [0.25, 0.3) is 0 Å². The van der Waals surface area contributed by atoms with Crippen molar-refractivity contribution in [3.05, 3.63) is 59.7 Å². The van der Waals surface area contributed by atoms with Gasteiger partial charge in [-0.25, -0.2) is 0 Å². The van der Waals surface area contributed by atoms with Gasteiger partial charge in [-0.05, 0) is 59.4 Å². The molecule has 0 heterocycles. The van der Waals surface area contributed by atoms with E-state index in [-0.39, 0.29) is 0 Å². The first-order valence-electron chi connectivity index (χ1n) is 7.73. The summed E-state index contributed by atoms with van der Waals surface area (Å²) in [5.41, 5.74) is 4.64. The van der Waals surface area contributed by atoms with E-state index in [4.69, 9.17) is 12.2 Å². The highest BCUT2D eigenvalue weighted by Gasteiger charge is 2.04. The van der Waals surface area contributed by atoms with E-state index >= 15 is 0 Å². The molecule has 2 rings (SSSR count). The molecule has 0 aliphatic heterocycles. The predicted octanol–water partition coefficient (Wildman–Crippen LogP) is 5.74. The lowest BCUT2D eigenvalue weighted by Crippen LogP contribution is -2.19. The van der Waals surface area contributed by atoms with Gasteiger partial charge in [0.05, 0.1) is 0 Å². The van der Waals surface area contributed by atoms with Crippen molar-refractivity contribution in [2.45, 2.75) is 39.5 Å². The SMILES string of the molecule is CC(C)c1cccc(NC(=S)Nc2cccc(C(C)C)c2)c1. The molecule has 22 heavy (non-hydrogen) atoms. The first-order valence-corrected chi connectivity index (χ1v) is 8.14. The fourth-order valence-electron chi connectivity index (χ4n) is 2.24. The summed E-state index contributed by atoms with van der Waals surface area (Å²) in [4.78, 5) is 0. The number of thiocarbonyl (C=S) groups is 1. The molecular formula is C19H24N2S. The summed E-state index contributed by atoms with van der Waals surface area (Å²) in [6.45, 7) is 8.75. The lowest BCUT2D eigenvalue weighted by atomic mass is 10.0. The van der Waals surface area contributed by atoms with Gasteiger partial charge in [0, 0.05) is 11.4 Å². The smallest absolute Gasteiger partial charge is 0.175 e. The minimum absolute atomic E-state index is 0.506. The van der Waals surface area contributed by atoms with E-state index in [0.717, 1.165) is 11.4 Å². The highest BCUT2D eigenvalue weighted by Crippen LogP contribution is 2.20. The predicted molar refractivity (Wildman–Crippen MR) is 101 cm³/mol. The van der Waals surface area contributed by atoms with Gasteiger partial charge in [-0.15, -0.1) is 0 Å². The largest absolute Gasteiger partial charge is 0.332 e. The van der Waals surface area contributed by atoms with Crippen LogP contribution in [0.4, 0.5) is 11.4 Å². The van der Waals surface area contributed by atoms with E-state index in [2.05, 4.69) is 74.7 Å². The van der Waals surface area contributed by atoms with Crippen molar-refractivity contribution in [1.29, 1.82) is 0 Å². The van der Waals surface area contributed by atoms with Crippen LogP contribution in [0.2, 0.25) is 0 Å². The van der Waals surface area contributed by atoms with Gasteiger partial charge in [-0.1, -0.05) is 52.0 Å². The van der Waals surface area contributed by atoms with Crippen LogP contribution in [0.15, 0.2) is 48.5 Å². The molecule has 0 saturated heterocycles. The van der Waals surface area contributed by atoms with Crippen LogP contribution >= 0.6 is 12.2 Å². The topological polar surface area (TPSA) is 24.1 Å². The van der Waals surface area contributed by atoms with Gasteiger partial charge in [0.1, 0.15) is 0 Å². The zero-order chi connectivity index (χ0) is 16.1. The van der Waals surface area contributed by atoms with Gasteiger partial charge in [0.2, 0.25) is 0 Å². The van der Waals surface area contributed by atoms with Crippen molar-refractivity contribution < 1.29 is 0 Å². The molecule has 0 radical (unpaired) electrons. The molecule has 0 amide bonds. The van der Waals surface area contributed by atoms with E-state index in [1.807, 2.05) is 12.1 Å². The van der Waals surface area contributed by atoms with Crippen molar-refractivity contribution in [3.63, 3.8) is 0 Å². The van der Waals surface area contributed by atoms with Crippen LogP contribution in [-0.4, -0.2) is 5.11 Å². The molecule has 0 aliphatic carbocycles. The molecule has 3 heteroatoms. The third-order valence-corrected chi connectivity index (χ3v) is 3.83. The molecule has 0 aliphatic rings. The molecule has 0 saturated carbocycles. The number of hydrogen-bond acceptors (Lipinski definition) is 1. The van der Waals surface area contributed by atoms with Gasteiger partial charge in [-0.2, -0.15) is 0 Å². The quantitative estimate of drug-likeness (QED) is 0.704. The molecule has 0 spiro atoms. The van der Waals surface area contributed by atoms with Crippen LogP contribution in [0.25, 0.3) is 0 Å². The maximum absolute atomic E-state index is 5.41. The molecule has 116 valence electrons. The summed E-state index contributed by atoms with van der Waals surface area (Å²) in [6.07, 6.45) is 0. The molecule has 0 atom stereocenters. The Morgan fingerprint density at radius 1 is 0.773 bits per heavy atom. The van der Waals surface area contributed by atoms with Crippen molar-refractivity contribution in [2.24, 2.45) is 0 Å². The Morgan fingerprint density at radius 2 is 1.18 bits per heavy atom. The van der Waals surface area contributed by atoms with E-state index < -0.39 is 0 Å². The first-order chi connectivity index (χ1) is 10.5. The van der Waals surface area contributed by atoms with Crippen molar-refractivity contribution in [2.75, 3.05) is 10.6 Å². The molecule has 0 unspecified atom stereocenters. The molecular weight excluding hydrogens is 288 g/mol. The second kappa shape index (κ2) is 7.41. The van der Waals surface area contributed by atoms with Gasteiger partial charge < -0.3 is 10.6 Å². The van der Waals surface area contributed by atoms with Gasteiger partial charge >= 0.3 is 0 Å². The standard InChI is InChI=1S/C19H24N2S/c1-13(2)15-7-5-9-17(11-15)20-19(22)21-18-10-6-8-16(12-18)14(3)4/h5-14H,1-4H3,(H2,20,21,22). The number of benzene rings is 2. The second-order valence-electron chi connectivity index (χ2n) is 6.14. The van der Waals surface area contributed by atoms with Crippen LogP contribution in [0.3, 0.4) is 0 Å². The zero-order valence-corrected chi connectivity index (χ0v) is 14.5. The highest BCUT2D eigenvalue weighted by molar-refractivity contribution is 7.80. The Bertz CT molecular complexity index is 592. The summed E-state index contributed by atoms with van der Waals surface area (Å²) in [6, 6.07) is 16.7. The number of hydrogen-bond donors (Lipinski definition) is 2. The monoisotopic (exact) mass is 312 g/mol. The Labute approximate surface area is 139 Å². The van der Waals surface area contributed by atoms with Crippen LogP contribution in [0.5, 0.6) is 0 Å². The first kappa shape index (κ1) is 16.5. The Hall–Kier alpha value is -1.87. The fourth-order valence-corrected chi connectivity index (χ4v) is 2.48. The molecule has 0 aromatic heterocycles. The summed E-state index contributed by atoms with van der Waals surface area (Å²) >= 11 is 5.41. The average Bonchev–Trinajstić information content (AvgIpc) is 2.47. The lowest BCUT2D eigenvalue weighted by molar-refractivity contribution is 0.867. The molecule has 2 nitrogen and oxygen atoms in total. The van der Waals surface area contributed by atoms with Crippen molar-refractivity contribution in [1.82, 2.24) is 0 Å². The second-order valence-corrected chi connectivity index (χ2v) is 6.55. The van der Waals surface area contributed by atoms with Crippen LogP contribution in [-0.2, 0) is 0 Å². The zero-order valence-electron chi connectivity index (χ0n) is 13.7. The third kappa shape index (κ3) is 4.57. The van der Waals surface area contributed by atoms with Gasteiger partial charge in [0.15, 0.2) is 5.11 Å². The normalized spacial score (nSPS) is 10.8. The van der Waals surface area contributed by atoms with Crippen molar-refractivity contribution in [3.8, 4) is 0 Å². The summed E-state index contributed by atoms with van der Waals surface area (Å²) in [5, 5.41) is 7.12. The molecule has 2 N–H and O–H groups in total. The van der Waals surface area contributed by atoms with Crippen LogP contribution in [0, 0.1) is 0 Å².